The smallest absolute Gasteiger partial charge is 0.272 e. The molecule has 4 rings (SSSR count). The molecular formula is C24H25N5O. The topological polar surface area (TPSA) is 71.8 Å². The third-order valence-corrected chi connectivity index (χ3v) is 4.73. The lowest BCUT2D eigenvalue weighted by molar-refractivity contribution is 0.0939. The van der Waals surface area contributed by atoms with E-state index in [0.717, 1.165) is 16.6 Å². The van der Waals surface area contributed by atoms with Crippen molar-refractivity contribution in [2.75, 3.05) is 5.32 Å². The Hall–Kier alpha value is -3.67. The Labute approximate surface area is 176 Å². The number of anilines is 2. The van der Waals surface area contributed by atoms with Gasteiger partial charge in [0.05, 0.1) is 11.9 Å². The molecule has 2 heterocycles. The molecule has 152 valence electrons. The highest BCUT2D eigenvalue weighted by atomic mass is 16.2. The maximum Gasteiger partial charge on any atom is 0.272 e. The SMILES string of the molecule is Cc1ccc(Nc2ccc3c(C(=O)NC(C)C)nn(Cc4ccccc4)c3n2)cc1. The Bertz CT molecular complexity index is 1160. The lowest BCUT2D eigenvalue weighted by Crippen LogP contribution is -2.30. The van der Waals surface area contributed by atoms with Gasteiger partial charge in [-0.1, -0.05) is 48.0 Å². The zero-order chi connectivity index (χ0) is 21.1. The summed E-state index contributed by atoms with van der Waals surface area (Å²) in [6, 6.07) is 22.0. The molecule has 0 atom stereocenters. The Morgan fingerprint density at radius 1 is 1.00 bits per heavy atom. The summed E-state index contributed by atoms with van der Waals surface area (Å²) in [6.07, 6.45) is 0. The fourth-order valence-electron chi connectivity index (χ4n) is 3.27. The van der Waals surface area contributed by atoms with E-state index in [1.54, 1.807) is 4.68 Å². The standard InChI is InChI=1S/C24H25N5O/c1-16(2)25-24(30)22-20-13-14-21(26-19-11-9-17(3)10-12-19)27-23(20)29(28-22)15-18-7-5-4-6-8-18/h4-14,16H,15H2,1-3H3,(H,25,30)(H,26,27). The zero-order valence-corrected chi connectivity index (χ0v) is 17.4. The van der Waals surface area contributed by atoms with Gasteiger partial charge in [0.2, 0.25) is 0 Å². The van der Waals surface area contributed by atoms with E-state index in [1.807, 2.05) is 68.4 Å². The normalized spacial score (nSPS) is 11.1. The minimum absolute atomic E-state index is 0.0299. The summed E-state index contributed by atoms with van der Waals surface area (Å²) in [5.41, 5.74) is 4.32. The van der Waals surface area contributed by atoms with E-state index in [0.29, 0.717) is 23.7 Å². The van der Waals surface area contributed by atoms with Crippen LogP contribution in [0.4, 0.5) is 11.5 Å². The van der Waals surface area contributed by atoms with Gasteiger partial charge >= 0.3 is 0 Å². The van der Waals surface area contributed by atoms with Crippen molar-refractivity contribution in [1.82, 2.24) is 20.1 Å². The molecule has 6 heteroatoms. The predicted molar refractivity (Wildman–Crippen MR) is 120 cm³/mol. The number of hydrogen-bond donors (Lipinski definition) is 2. The second-order valence-electron chi connectivity index (χ2n) is 7.68. The molecule has 2 aromatic carbocycles. The average molecular weight is 399 g/mol. The summed E-state index contributed by atoms with van der Waals surface area (Å²) in [7, 11) is 0. The summed E-state index contributed by atoms with van der Waals surface area (Å²) in [6.45, 7) is 6.46. The van der Waals surface area contributed by atoms with Crippen molar-refractivity contribution in [3.8, 4) is 0 Å². The highest BCUT2D eigenvalue weighted by Gasteiger charge is 2.19. The molecule has 2 N–H and O–H groups in total. The summed E-state index contributed by atoms with van der Waals surface area (Å²) >= 11 is 0. The molecular weight excluding hydrogens is 374 g/mol. The first-order chi connectivity index (χ1) is 14.5. The van der Waals surface area contributed by atoms with Crippen molar-refractivity contribution in [1.29, 1.82) is 0 Å². The van der Waals surface area contributed by atoms with Gasteiger partial charge in [-0.05, 0) is 50.6 Å². The number of benzene rings is 2. The molecule has 0 fully saturated rings. The highest BCUT2D eigenvalue weighted by molar-refractivity contribution is 6.04. The van der Waals surface area contributed by atoms with Gasteiger partial charge < -0.3 is 10.6 Å². The van der Waals surface area contributed by atoms with E-state index in [4.69, 9.17) is 4.98 Å². The van der Waals surface area contributed by atoms with Crippen LogP contribution in [0.2, 0.25) is 0 Å². The number of carbonyl (C=O) groups is 1. The number of pyridine rings is 1. The van der Waals surface area contributed by atoms with Gasteiger partial charge in [-0.15, -0.1) is 0 Å². The third-order valence-electron chi connectivity index (χ3n) is 4.73. The summed E-state index contributed by atoms with van der Waals surface area (Å²) in [5, 5.41) is 11.6. The second kappa shape index (κ2) is 8.37. The van der Waals surface area contributed by atoms with Crippen molar-refractivity contribution in [3.63, 3.8) is 0 Å². The molecule has 0 saturated carbocycles. The highest BCUT2D eigenvalue weighted by Crippen LogP contribution is 2.23. The number of amides is 1. The minimum Gasteiger partial charge on any atom is -0.348 e. The molecule has 0 spiro atoms. The van der Waals surface area contributed by atoms with E-state index in [2.05, 4.69) is 34.8 Å². The van der Waals surface area contributed by atoms with Crippen LogP contribution in [-0.4, -0.2) is 26.7 Å². The van der Waals surface area contributed by atoms with Crippen LogP contribution >= 0.6 is 0 Å². The van der Waals surface area contributed by atoms with Crippen LogP contribution in [0.3, 0.4) is 0 Å². The average Bonchev–Trinajstić information content (AvgIpc) is 3.08. The van der Waals surface area contributed by atoms with Crippen molar-refractivity contribution in [2.45, 2.75) is 33.4 Å². The number of nitrogens with one attached hydrogen (secondary N) is 2. The molecule has 0 aliphatic heterocycles. The number of fused-ring (bicyclic) bond motifs is 1. The summed E-state index contributed by atoms with van der Waals surface area (Å²) in [4.78, 5) is 17.5. The zero-order valence-electron chi connectivity index (χ0n) is 17.4. The number of nitrogens with zero attached hydrogens (tertiary/aromatic N) is 3. The van der Waals surface area contributed by atoms with Gasteiger partial charge in [0.25, 0.3) is 5.91 Å². The molecule has 30 heavy (non-hydrogen) atoms. The van der Waals surface area contributed by atoms with Gasteiger partial charge in [0.1, 0.15) is 5.82 Å². The number of rotatable bonds is 6. The van der Waals surface area contributed by atoms with Gasteiger partial charge in [-0.3, -0.25) is 4.79 Å². The molecule has 6 nitrogen and oxygen atoms in total. The van der Waals surface area contributed by atoms with Crippen LogP contribution in [0.1, 0.15) is 35.5 Å². The molecule has 0 bridgehead atoms. The monoisotopic (exact) mass is 399 g/mol. The number of aromatic nitrogens is 3. The molecule has 0 unspecified atom stereocenters. The van der Waals surface area contributed by atoms with E-state index in [9.17, 15) is 4.79 Å². The first-order valence-electron chi connectivity index (χ1n) is 10.1. The summed E-state index contributed by atoms with van der Waals surface area (Å²) in [5.74, 6) is 0.513. The second-order valence-corrected chi connectivity index (χ2v) is 7.68. The number of carbonyl (C=O) groups excluding carboxylic acids is 1. The van der Waals surface area contributed by atoms with Crippen LogP contribution < -0.4 is 10.6 Å². The first kappa shape index (κ1) is 19.6. The maximum absolute atomic E-state index is 12.7. The molecule has 0 radical (unpaired) electrons. The van der Waals surface area contributed by atoms with Crippen molar-refractivity contribution in [3.05, 3.63) is 83.6 Å². The quantitative estimate of drug-likeness (QED) is 0.494. The largest absolute Gasteiger partial charge is 0.348 e. The van der Waals surface area contributed by atoms with Gasteiger partial charge in [-0.25, -0.2) is 9.67 Å². The Morgan fingerprint density at radius 2 is 1.73 bits per heavy atom. The molecule has 0 aliphatic rings. The third kappa shape index (κ3) is 4.33. The Balaban J connectivity index is 1.74. The van der Waals surface area contributed by atoms with Crippen LogP contribution in [-0.2, 0) is 6.54 Å². The van der Waals surface area contributed by atoms with E-state index >= 15 is 0 Å². The fraction of sp³-hybridized carbons (Fsp3) is 0.208. The van der Waals surface area contributed by atoms with Gasteiger partial charge in [0.15, 0.2) is 11.3 Å². The molecule has 0 saturated heterocycles. The van der Waals surface area contributed by atoms with Crippen LogP contribution in [0.5, 0.6) is 0 Å². The molecule has 2 aromatic heterocycles. The number of aryl methyl sites for hydroxylation is 1. The lowest BCUT2D eigenvalue weighted by atomic mass is 10.2. The van der Waals surface area contributed by atoms with E-state index in [1.165, 1.54) is 5.56 Å². The van der Waals surface area contributed by atoms with E-state index < -0.39 is 0 Å². The Kier molecular flexibility index (Phi) is 5.48. The molecule has 0 aliphatic carbocycles. The van der Waals surface area contributed by atoms with E-state index in [-0.39, 0.29) is 11.9 Å². The minimum atomic E-state index is -0.192. The summed E-state index contributed by atoms with van der Waals surface area (Å²) < 4.78 is 1.79. The molecule has 1 amide bonds. The predicted octanol–water partition coefficient (Wildman–Crippen LogP) is 4.67. The van der Waals surface area contributed by atoms with Crippen molar-refractivity contribution >= 4 is 28.4 Å². The van der Waals surface area contributed by atoms with Gasteiger partial charge in [0, 0.05) is 11.7 Å². The van der Waals surface area contributed by atoms with Crippen molar-refractivity contribution in [2.24, 2.45) is 0 Å². The first-order valence-corrected chi connectivity index (χ1v) is 10.1. The van der Waals surface area contributed by atoms with Crippen LogP contribution in [0, 0.1) is 6.92 Å². The molecule has 4 aromatic rings. The lowest BCUT2D eigenvalue weighted by Gasteiger charge is -2.08. The number of hydrogen-bond acceptors (Lipinski definition) is 4. The Morgan fingerprint density at radius 3 is 2.43 bits per heavy atom. The van der Waals surface area contributed by atoms with Crippen molar-refractivity contribution < 1.29 is 4.79 Å². The van der Waals surface area contributed by atoms with Crippen LogP contribution in [0.15, 0.2) is 66.7 Å². The van der Waals surface area contributed by atoms with Gasteiger partial charge in [-0.2, -0.15) is 5.10 Å². The maximum atomic E-state index is 12.7. The fourth-order valence-corrected chi connectivity index (χ4v) is 3.27. The van der Waals surface area contributed by atoms with Crippen LogP contribution in [0.25, 0.3) is 11.0 Å².